The van der Waals surface area contributed by atoms with E-state index in [-0.39, 0.29) is 11.3 Å². The molecule has 0 aromatic heterocycles. The first kappa shape index (κ1) is 17.4. The molecule has 0 bridgehead atoms. The zero-order chi connectivity index (χ0) is 15.2. The zero-order valence-corrected chi connectivity index (χ0v) is 13.7. The van der Waals surface area contributed by atoms with Gasteiger partial charge in [-0.05, 0) is 39.5 Å². The molecule has 0 saturated carbocycles. The van der Waals surface area contributed by atoms with Crippen LogP contribution in [0.3, 0.4) is 0 Å². The van der Waals surface area contributed by atoms with Crippen LogP contribution in [0.25, 0.3) is 0 Å². The molecule has 0 aromatic carbocycles. The molecule has 0 radical (unpaired) electrons. The number of carbonyl (C=O) groups excluding carboxylic acids is 1. The predicted octanol–water partition coefficient (Wildman–Crippen LogP) is 2.13. The molecule has 1 saturated heterocycles. The van der Waals surface area contributed by atoms with Crippen LogP contribution in [0.2, 0.25) is 0 Å². The normalized spacial score (nSPS) is 24.6. The standard InChI is InChI=1S/C16H33N3O/c1-5-16(6-2,12-17)15(20)18-10-11-19-13(3)8-7-9-14(19)4/h13-14H,5-12,17H2,1-4H3,(H,18,20). The Kier molecular flexibility index (Phi) is 6.96. The summed E-state index contributed by atoms with van der Waals surface area (Å²) >= 11 is 0. The molecule has 0 aromatic rings. The molecular formula is C16H33N3O. The number of carbonyl (C=O) groups is 1. The minimum absolute atomic E-state index is 0.127. The van der Waals surface area contributed by atoms with Crippen molar-refractivity contribution in [3.63, 3.8) is 0 Å². The number of hydrogen-bond donors (Lipinski definition) is 2. The van der Waals surface area contributed by atoms with E-state index in [1.807, 2.05) is 13.8 Å². The third kappa shape index (κ3) is 3.95. The van der Waals surface area contributed by atoms with Crippen LogP contribution in [-0.2, 0) is 4.79 Å². The van der Waals surface area contributed by atoms with Crippen molar-refractivity contribution in [3.8, 4) is 0 Å². The predicted molar refractivity (Wildman–Crippen MR) is 84.6 cm³/mol. The summed E-state index contributed by atoms with van der Waals surface area (Å²) in [6.07, 6.45) is 5.49. The van der Waals surface area contributed by atoms with E-state index in [4.69, 9.17) is 5.73 Å². The minimum Gasteiger partial charge on any atom is -0.354 e. The molecule has 0 aliphatic carbocycles. The van der Waals surface area contributed by atoms with Gasteiger partial charge in [0.2, 0.25) is 5.91 Å². The van der Waals surface area contributed by atoms with Crippen LogP contribution in [-0.4, -0.2) is 42.5 Å². The van der Waals surface area contributed by atoms with Gasteiger partial charge in [-0.3, -0.25) is 9.69 Å². The van der Waals surface area contributed by atoms with E-state index in [1.54, 1.807) is 0 Å². The number of rotatable bonds is 7. The first-order chi connectivity index (χ1) is 9.50. The molecule has 2 atom stereocenters. The van der Waals surface area contributed by atoms with Gasteiger partial charge in [0, 0.05) is 31.7 Å². The van der Waals surface area contributed by atoms with Crippen molar-refractivity contribution >= 4 is 5.91 Å². The molecule has 1 rings (SSSR count). The lowest BCUT2D eigenvalue weighted by Gasteiger charge is -2.39. The molecule has 4 heteroatoms. The van der Waals surface area contributed by atoms with Crippen LogP contribution in [0, 0.1) is 5.41 Å². The Morgan fingerprint density at radius 1 is 1.25 bits per heavy atom. The monoisotopic (exact) mass is 283 g/mol. The molecule has 1 aliphatic rings. The van der Waals surface area contributed by atoms with E-state index in [1.165, 1.54) is 19.3 Å². The number of nitrogens with one attached hydrogen (secondary N) is 1. The van der Waals surface area contributed by atoms with Crippen molar-refractivity contribution in [3.05, 3.63) is 0 Å². The van der Waals surface area contributed by atoms with Gasteiger partial charge in [0.05, 0.1) is 5.41 Å². The topological polar surface area (TPSA) is 58.4 Å². The number of nitrogens with zero attached hydrogens (tertiary/aromatic N) is 1. The largest absolute Gasteiger partial charge is 0.354 e. The molecule has 1 amide bonds. The molecule has 2 unspecified atom stereocenters. The second kappa shape index (κ2) is 7.99. The number of amides is 1. The fraction of sp³-hybridized carbons (Fsp3) is 0.938. The fourth-order valence-electron chi connectivity index (χ4n) is 3.35. The lowest BCUT2D eigenvalue weighted by Crippen LogP contribution is -2.50. The third-order valence-electron chi connectivity index (χ3n) is 5.26. The molecule has 3 N–H and O–H groups in total. The van der Waals surface area contributed by atoms with Crippen LogP contribution in [0.5, 0.6) is 0 Å². The highest BCUT2D eigenvalue weighted by atomic mass is 16.2. The van der Waals surface area contributed by atoms with Crippen LogP contribution in [0.4, 0.5) is 0 Å². The van der Waals surface area contributed by atoms with Gasteiger partial charge >= 0.3 is 0 Å². The average Bonchev–Trinajstić information content (AvgIpc) is 2.44. The Balaban J connectivity index is 2.45. The highest BCUT2D eigenvalue weighted by Crippen LogP contribution is 2.25. The van der Waals surface area contributed by atoms with E-state index in [9.17, 15) is 4.79 Å². The molecule has 4 nitrogen and oxygen atoms in total. The summed E-state index contributed by atoms with van der Waals surface area (Å²) in [5, 5.41) is 3.10. The van der Waals surface area contributed by atoms with Gasteiger partial charge in [-0.15, -0.1) is 0 Å². The minimum atomic E-state index is -0.376. The lowest BCUT2D eigenvalue weighted by molar-refractivity contribution is -0.131. The second-order valence-corrected chi connectivity index (χ2v) is 6.31. The first-order valence-electron chi connectivity index (χ1n) is 8.24. The summed E-state index contributed by atoms with van der Waals surface area (Å²) in [5.74, 6) is 0.127. The zero-order valence-electron chi connectivity index (χ0n) is 13.7. The Bertz CT molecular complexity index is 284. The van der Waals surface area contributed by atoms with Gasteiger partial charge in [-0.25, -0.2) is 0 Å². The maximum Gasteiger partial charge on any atom is 0.227 e. The van der Waals surface area contributed by atoms with Crippen LogP contribution in [0.1, 0.15) is 59.8 Å². The summed E-state index contributed by atoms with van der Waals surface area (Å²) in [7, 11) is 0. The van der Waals surface area contributed by atoms with Crippen molar-refractivity contribution in [1.82, 2.24) is 10.2 Å². The van der Waals surface area contributed by atoms with E-state index in [0.29, 0.717) is 18.6 Å². The van der Waals surface area contributed by atoms with Gasteiger partial charge in [0.25, 0.3) is 0 Å². The van der Waals surface area contributed by atoms with Gasteiger partial charge in [0.15, 0.2) is 0 Å². The van der Waals surface area contributed by atoms with Crippen LogP contribution >= 0.6 is 0 Å². The molecule has 118 valence electrons. The average molecular weight is 283 g/mol. The molecule has 1 fully saturated rings. The van der Waals surface area contributed by atoms with Gasteiger partial charge in [-0.2, -0.15) is 0 Å². The fourth-order valence-corrected chi connectivity index (χ4v) is 3.35. The molecular weight excluding hydrogens is 250 g/mol. The van der Waals surface area contributed by atoms with Crippen molar-refractivity contribution in [2.45, 2.75) is 71.9 Å². The van der Waals surface area contributed by atoms with Crippen molar-refractivity contribution in [2.75, 3.05) is 19.6 Å². The van der Waals surface area contributed by atoms with E-state index >= 15 is 0 Å². The summed E-state index contributed by atoms with van der Waals surface area (Å²) < 4.78 is 0. The summed E-state index contributed by atoms with van der Waals surface area (Å²) in [6, 6.07) is 1.26. The quantitative estimate of drug-likeness (QED) is 0.752. The molecule has 20 heavy (non-hydrogen) atoms. The Morgan fingerprint density at radius 2 is 1.80 bits per heavy atom. The van der Waals surface area contributed by atoms with Crippen LogP contribution < -0.4 is 11.1 Å². The Hall–Kier alpha value is -0.610. The van der Waals surface area contributed by atoms with Gasteiger partial charge < -0.3 is 11.1 Å². The SMILES string of the molecule is CCC(CC)(CN)C(=O)NCCN1C(C)CCCC1C. The van der Waals surface area contributed by atoms with E-state index in [2.05, 4.69) is 24.1 Å². The molecule has 0 spiro atoms. The second-order valence-electron chi connectivity index (χ2n) is 6.31. The van der Waals surface area contributed by atoms with Crippen molar-refractivity contribution in [1.29, 1.82) is 0 Å². The number of likely N-dealkylation sites (tertiary alicyclic amines) is 1. The highest BCUT2D eigenvalue weighted by molar-refractivity contribution is 5.82. The lowest BCUT2D eigenvalue weighted by atomic mass is 9.81. The number of nitrogens with two attached hydrogens (primary N) is 1. The summed E-state index contributed by atoms with van der Waals surface area (Å²) in [4.78, 5) is 14.9. The smallest absolute Gasteiger partial charge is 0.227 e. The van der Waals surface area contributed by atoms with Crippen molar-refractivity contribution in [2.24, 2.45) is 11.1 Å². The molecule has 1 heterocycles. The summed E-state index contributed by atoms with van der Waals surface area (Å²) in [5.41, 5.74) is 5.44. The van der Waals surface area contributed by atoms with Crippen molar-refractivity contribution < 1.29 is 4.79 Å². The molecule has 1 aliphatic heterocycles. The van der Waals surface area contributed by atoms with Gasteiger partial charge in [0.1, 0.15) is 0 Å². The Morgan fingerprint density at radius 3 is 2.25 bits per heavy atom. The maximum atomic E-state index is 12.4. The first-order valence-corrected chi connectivity index (χ1v) is 8.24. The van der Waals surface area contributed by atoms with E-state index < -0.39 is 0 Å². The maximum absolute atomic E-state index is 12.4. The third-order valence-corrected chi connectivity index (χ3v) is 5.26. The van der Waals surface area contributed by atoms with Gasteiger partial charge in [-0.1, -0.05) is 20.3 Å². The number of piperidine rings is 1. The Labute approximate surface area is 124 Å². The number of hydrogen-bond acceptors (Lipinski definition) is 3. The van der Waals surface area contributed by atoms with E-state index in [0.717, 1.165) is 25.9 Å². The summed E-state index contributed by atoms with van der Waals surface area (Å²) in [6.45, 7) is 10.8. The highest BCUT2D eigenvalue weighted by Gasteiger charge is 2.33. The van der Waals surface area contributed by atoms with Crippen LogP contribution in [0.15, 0.2) is 0 Å².